The first-order valence-corrected chi connectivity index (χ1v) is 10.2. The van der Waals surface area contributed by atoms with E-state index in [-0.39, 0.29) is 0 Å². The highest BCUT2D eigenvalue weighted by atomic mass is 15.1. The number of benzene rings is 2. The molecule has 2 aliphatic carbocycles. The summed E-state index contributed by atoms with van der Waals surface area (Å²) in [5.41, 5.74) is 12.2. The molecule has 2 aromatic carbocycles. The van der Waals surface area contributed by atoms with Gasteiger partial charge in [-0.25, -0.2) is 0 Å². The van der Waals surface area contributed by atoms with Crippen LogP contribution in [-0.2, 0) is 0 Å². The highest BCUT2D eigenvalue weighted by molar-refractivity contribution is 5.90. The third-order valence-electron chi connectivity index (χ3n) is 7.65. The topological polar surface area (TPSA) is 95.4 Å². The third kappa shape index (κ3) is 1.78. The molecule has 0 unspecified atom stereocenters. The zero-order valence-corrected chi connectivity index (χ0v) is 15.4. The van der Waals surface area contributed by atoms with E-state index in [2.05, 4.69) is 56.0 Å². The van der Waals surface area contributed by atoms with Gasteiger partial charge in [0.1, 0.15) is 0 Å². The Morgan fingerprint density at radius 1 is 0.964 bits per heavy atom. The van der Waals surface area contributed by atoms with E-state index in [0.29, 0.717) is 23.7 Å². The lowest BCUT2D eigenvalue weighted by Gasteiger charge is -2.43. The van der Waals surface area contributed by atoms with Crippen LogP contribution in [0.2, 0.25) is 0 Å². The van der Waals surface area contributed by atoms with Crippen LogP contribution >= 0.6 is 0 Å². The summed E-state index contributed by atoms with van der Waals surface area (Å²) in [4.78, 5) is 0. The molecule has 2 saturated carbocycles. The number of nitrogen functional groups attached to an aromatic ring is 1. The molecular formula is C22H22N6. The van der Waals surface area contributed by atoms with E-state index < -0.39 is 0 Å². The minimum Gasteiger partial charge on any atom is -0.382 e. The first kappa shape index (κ1) is 15.0. The van der Waals surface area contributed by atoms with Gasteiger partial charge in [-0.05, 0) is 78.3 Å². The minimum absolute atomic E-state index is 0.325. The number of aromatic amines is 2. The van der Waals surface area contributed by atoms with Crippen molar-refractivity contribution in [2.24, 2.45) is 17.8 Å². The van der Waals surface area contributed by atoms with Crippen molar-refractivity contribution in [3.05, 3.63) is 47.7 Å². The molecular weight excluding hydrogens is 348 g/mol. The zero-order valence-electron chi connectivity index (χ0n) is 15.4. The van der Waals surface area contributed by atoms with Gasteiger partial charge in [0, 0.05) is 16.5 Å². The van der Waals surface area contributed by atoms with Gasteiger partial charge in [0.05, 0.1) is 23.3 Å². The van der Waals surface area contributed by atoms with Crippen LogP contribution < -0.4 is 11.1 Å². The molecule has 28 heavy (non-hydrogen) atoms. The second-order valence-corrected chi connectivity index (χ2v) is 8.83. The van der Waals surface area contributed by atoms with E-state index >= 15 is 0 Å². The lowest BCUT2D eigenvalue weighted by molar-refractivity contribution is 0.249. The first-order chi connectivity index (χ1) is 13.8. The van der Waals surface area contributed by atoms with Crippen molar-refractivity contribution in [2.75, 3.05) is 11.1 Å². The summed E-state index contributed by atoms with van der Waals surface area (Å²) >= 11 is 0. The van der Waals surface area contributed by atoms with Crippen molar-refractivity contribution in [3.8, 4) is 0 Å². The maximum Gasteiger partial charge on any atom is 0.153 e. The molecule has 6 nitrogen and oxygen atoms in total. The number of H-pyrrole nitrogens is 2. The molecule has 0 amide bonds. The molecule has 6 heteroatoms. The molecule has 5 N–H and O–H groups in total. The van der Waals surface area contributed by atoms with Crippen molar-refractivity contribution in [2.45, 2.75) is 31.2 Å². The highest BCUT2D eigenvalue weighted by Crippen LogP contribution is 2.64. The Kier molecular flexibility index (Phi) is 2.71. The normalized spacial score (nSPS) is 30.5. The Balaban J connectivity index is 1.43. The number of hydrogen-bond acceptors (Lipinski definition) is 4. The molecule has 0 saturated heterocycles. The fourth-order valence-corrected chi connectivity index (χ4v) is 6.59. The number of hydrogen-bond donors (Lipinski definition) is 4. The largest absolute Gasteiger partial charge is 0.382 e. The quantitative estimate of drug-likeness (QED) is 0.401. The number of anilines is 2. The Morgan fingerprint density at radius 3 is 2.86 bits per heavy atom. The van der Waals surface area contributed by atoms with E-state index in [1.165, 1.54) is 41.5 Å². The molecule has 3 aliphatic rings. The SMILES string of the molecule is Nc1n[nH]c2cc([C@@H]3Nc4ccc5[nH]ncc5c4[C@H]4[C@@H]5CC[C@H](C5)[C@H]43)ccc12. The summed E-state index contributed by atoms with van der Waals surface area (Å²) in [6, 6.07) is 11.3. The van der Waals surface area contributed by atoms with Gasteiger partial charge in [-0.15, -0.1) is 0 Å². The van der Waals surface area contributed by atoms with Gasteiger partial charge in [0.2, 0.25) is 0 Å². The lowest BCUT2D eigenvalue weighted by atomic mass is 9.67. The van der Waals surface area contributed by atoms with Gasteiger partial charge < -0.3 is 11.1 Å². The number of nitrogens with one attached hydrogen (secondary N) is 3. The molecule has 0 spiro atoms. The lowest BCUT2D eigenvalue weighted by Crippen LogP contribution is -2.35. The monoisotopic (exact) mass is 370 g/mol. The predicted octanol–water partition coefficient (Wildman–Crippen LogP) is 4.32. The van der Waals surface area contributed by atoms with Crippen LogP contribution in [0.4, 0.5) is 11.5 Å². The molecule has 2 bridgehead atoms. The summed E-state index contributed by atoms with van der Waals surface area (Å²) in [6.07, 6.45) is 6.10. The molecule has 4 aromatic rings. The second-order valence-electron chi connectivity index (χ2n) is 8.83. The van der Waals surface area contributed by atoms with Crippen LogP contribution in [0.5, 0.6) is 0 Å². The van der Waals surface area contributed by atoms with Crippen LogP contribution in [0.25, 0.3) is 21.8 Å². The number of fused-ring (bicyclic) bond motifs is 10. The molecule has 0 radical (unpaired) electrons. The number of nitrogens with zero attached hydrogens (tertiary/aromatic N) is 2. The van der Waals surface area contributed by atoms with Crippen molar-refractivity contribution in [1.82, 2.24) is 20.4 Å². The van der Waals surface area contributed by atoms with Crippen LogP contribution in [0, 0.1) is 17.8 Å². The Labute approximate surface area is 161 Å². The number of aromatic nitrogens is 4. The van der Waals surface area contributed by atoms with Gasteiger partial charge in [0.25, 0.3) is 0 Å². The smallest absolute Gasteiger partial charge is 0.153 e. The van der Waals surface area contributed by atoms with Gasteiger partial charge in [-0.3, -0.25) is 10.2 Å². The average molecular weight is 370 g/mol. The molecule has 1 aliphatic heterocycles. The number of rotatable bonds is 1. The van der Waals surface area contributed by atoms with Gasteiger partial charge in [0.15, 0.2) is 5.82 Å². The van der Waals surface area contributed by atoms with Crippen LogP contribution in [-0.4, -0.2) is 20.4 Å². The minimum atomic E-state index is 0.325. The second kappa shape index (κ2) is 5.07. The van der Waals surface area contributed by atoms with Crippen LogP contribution in [0.3, 0.4) is 0 Å². The van der Waals surface area contributed by atoms with Gasteiger partial charge >= 0.3 is 0 Å². The van der Waals surface area contributed by atoms with E-state index in [1.807, 2.05) is 6.20 Å². The highest BCUT2D eigenvalue weighted by Gasteiger charge is 2.54. The van der Waals surface area contributed by atoms with Crippen molar-refractivity contribution in [3.63, 3.8) is 0 Å². The van der Waals surface area contributed by atoms with Crippen LogP contribution in [0.1, 0.15) is 42.3 Å². The van der Waals surface area contributed by atoms with E-state index in [9.17, 15) is 0 Å². The van der Waals surface area contributed by atoms with Crippen molar-refractivity contribution < 1.29 is 0 Å². The summed E-state index contributed by atoms with van der Waals surface area (Å²) in [5, 5.41) is 21.0. The summed E-state index contributed by atoms with van der Waals surface area (Å²) in [7, 11) is 0. The van der Waals surface area contributed by atoms with Gasteiger partial charge in [-0.2, -0.15) is 10.2 Å². The van der Waals surface area contributed by atoms with E-state index in [4.69, 9.17) is 5.73 Å². The Morgan fingerprint density at radius 2 is 1.89 bits per heavy atom. The van der Waals surface area contributed by atoms with E-state index in [1.54, 1.807) is 0 Å². The van der Waals surface area contributed by atoms with Gasteiger partial charge in [-0.1, -0.05) is 6.07 Å². The van der Waals surface area contributed by atoms with Crippen molar-refractivity contribution in [1.29, 1.82) is 0 Å². The average Bonchev–Trinajstić information content (AvgIpc) is 3.50. The molecule has 3 heterocycles. The molecule has 5 atom stereocenters. The number of nitrogens with two attached hydrogens (primary N) is 1. The Bertz CT molecular complexity index is 1240. The maximum absolute atomic E-state index is 5.98. The Hall–Kier alpha value is -3.02. The molecule has 140 valence electrons. The first-order valence-electron chi connectivity index (χ1n) is 10.2. The molecule has 7 rings (SSSR count). The fourth-order valence-electron chi connectivity index (χ4n) is 6.59. The standard InChI is InChI=1S/C22H22N6/c23-22-13-4-3-12(8-17(13)27-28-22)21-19-11-2-1-10(7-11)18(19)20-14-9-24-26-15(14)5-6-16(20)25-21/h3-6,8-11,18-19,21,25H,1-2,7H2,(H,24,26)(H3,23,27,28)/t10-,11-,18+,19-,21+/m1/s1. The fraction of sp³-hybridized carbons (Fsp3) is 0.364. The zero-order chi connectivity index (χ0) is 18.4. The molecule has 2 aromatic heterocycles. The van der Waals surface area contributed by atoms with Crippen molar-refractivity contribution >= 4 is 33.3 Å². The van der Waals surface area contributed by atoms with E-state index in [0.717, 1.165) is 28.3 Å². The third-order valence-corrected chi connectivity index (χ3v) is 7.65. The summed E-state index contributed by atoms with van der Waals surface area (Å²) in [5.74, 6) is 3.41. The maximum atomic E-state index is 5.98. The molecule has 2 fully saturated rings. The van der Waals surface area contributed by atoms with Crippen LogP contribution in [0.15, 0.2) is 36.5 Å². The predicted molar refractivity (Wildman–Crippen MR) is 110 cm³/mol. The summed E-state index contributed by atoms with van der Waals surface area (Å²) in [6.45, 7) is 0. The summed E-state index contributed by atoms with van der Waals surface area (Å²) < 4.78 is 0.